The minimum Gasteiger partial charge on any atom is -0.451 e. The number of rotatable bonds is 4. The van der Waals surface area contributed by atoms with E-state index in [1.54, 1.807) is 37.3 Å². The van der Waals surface area contributed by atoms with Crippen molar-refractivity contribution in [1.82, 2.24) is 4.90 Å². The van der Waals surface area contributed by atoms with Gasteiger partial charge in [0.15, 0.2) is 15.6 Å². The van der Waals surface area contributed by atoms with E-state index in [1.165, 1.54) is 17.0 Å². The molecule has 2 aromatic carbocycles. The summed E-state index contributed by atoms with van der Waals surface area (Å²) in [7, 11) is -3.21. The van der Waals surface area contributed by atoms with Crippen LogP contribution >= 0.6 is 11.6 Å². The molecule has 3 aromatic rings. The monoisotopic (exact) mass is 435 g/mol. The van der Waals surface area contributed by atoms with Crippen LogP contribution in [0.5, 0.6) is 0 Å². The first kappa shape index (κ1) is 19.9. The molecule has 152 valence electrons. The van der Waals surface area contributed by atoms with Crippen LogP contribution in [-0.4, -0.2) is 36.8 Å². The lowest BCUT2D eigenvalue weighted by Gasteiger charge is -2.28. The van der Waals surface area contributed by atoms with Gasteiger partial charge in [-0.15, -0.1) is 0 Å². The third kappa shape index (κ3) is 4.02. The smallest absolute Gasteiger partial charge is 0.290 e. The molecular formula is C21H19ClFNO4S. The number of carbonyl (C=O) groups is 1. The van der Waals surface area contributed by atoms with Crippen LogP contribution in [0.15, 0.2) is 46.9 Å². The summed E-state index contributed by atoms with van der Waals surface area (Å²) < 4.78 is 43.5. The van der Waals surface area contributed by atoms with E-state index in [1.807, 2.05) is 0 Å². The predicted octanol–water partition coefficient (Wildman–Crippen LogP) is 4.36. The number of halogens is 2. The molecular weight excluding hydrogens is 417 g/mol. The second-order valence-corrected chi connectivity index (χ2v) is 9.98. The van der Waals surface area contributed by atoms with Gasteiger partial charge in [-0.3, -0.25) is 4.79 Å². The zero-order valence-corrected chi connectivity index (χ0v) is 17.3. The Labute approximate surface area is 173 Å². The number of furan rings is 1. The number of sulfone groups is 1. The van der Waals surface area contributed by atoms with Crippen molar-refractivity contribution in [1.29, 1.82) is 0 Å². The molecule has 0 saturated carbocycles. The summed E-state index contributed by atoms with van der Waals surface area (Å²) in [4.78, 5) is 14.9. The van der Waals surface area contributed by atoms with Crippen molar-refractivity contribution in [2.45, 2.75) is 25.9 Å². The van der Waals surface area contributed by atoms with Gasteiger partial charge in [0.05, 0.1) is 11.5 Å². The summed E-state index contributed by atoms with van der Waals surface area (Å²) in [5.74, 6) is -0.772. The molecule has 1 saturated heterocycles. The highest BCUT2D eigenvalue weighted by Gasteiger charge is 2.36. The Balaban J connectivity index is 1.74. The Morgan fingerprint density at radius 1 is 1.28 bits per heavy atom. The van der Waals surface area contributed by atoms with E-state index < -0.39 is 27.6 Å². The number of aryl methyl sites for hydroxylation is 1. The van der Waals surface area contributed by atoms with Crippen molar-refractivity contribution in [2.75, 3.05) is 11.5 Å². The average molecular weight is 436 g/mol. The molecule has 1 aliphatic rings. The van der Waals surface area contributed by atoms with E-state index in [0.29, 0.717) is 28.2 Å². The van der Waals surface area contributed by atoms with Crippen molar-refractivity contribution in [3.8, 4) is 0 Å². The summed E-state index contributed by atoms with van der Waals surface area (Å²) >= 11 is 6.06. The number of carbonyl (C=O) groups excluding carboxylic acids is 1. The molecule has 29 heavy (non-hydrogen) atoms. The van der Waals surface area contributed by atoms with Crippen LogP contribution in [0, 0.1) is 12.7 Å². The quantitative estimate of drug-likeness (QED) is 0.610. The molecule has 0 bridgehead atoms. The summed E-state index contributed by atoms with van der Waals surface area (Å²) in [5.41, 5.74) is 1.75. The SMILES string of the molecule is Cc1c(C(=O)N(Cc2cccc(F)c2)[C@H]2CCS(=O)(=O)C2)oc2ccc(Cl)cc12. The Morgan fingerprint density at radius 2 is 2.07 bits per heavy atom. The number of hydrogen-bond donors (Lipinski definition) is 0. The van der Waals surface area contributed by atoms with E-state index in [-0.39, 0.29) is 23.8 Å². The lowest BCUT2D eigenvalue weighted by atomic mass is 10.1. The number of amides is 1. The maximum atomic E-state index is 13.7. The number of benzene rings is 2. The highest BCUT2D eigenvalue weighted by molar-refractivity contribution is 7.91. The van der Waals surface area contributed by atoms with Gasteiger partial charge in [0.1, 0.15) is 11.4 Å². The molecule has 1 fully saturated rings. The zero-order chi connectivity index (χ0) is 20.8. The lowest BCUT2D eigenvalue weighted by molar-refractivity contribution is 0.0649. The minimum atomic E-state index is -3.21. The van der Waals surface area contributed by atoms with Crippen molar-refractivity contribution in [3.05, 3.63) is 70.2 Å². The molecule has 0 aliphatic carbocycles. The van der Waals surface area contributed by atoms with Crippen molar-refractivity contribution in [2.24, 2.45) is 0 Å². The Bertz CT molecular complexity index is 1200. The zero-order valence-electron chi connectivity index (χ0n) is 15.7. The van der Waals surface area contributed by atoms with Crippen LogP contribution in [0.3, 0.4) is 0 Å². The van der Waals surface area contributed by atoms with Gasteiger partial charge in [-0.25, -0.2) is 12.8 Å². The molecule has 0 unspecified atom stereocenters. The second kappa shape index (κ2) is 7.46. The molecule has 0 spiro atoms. The summed E-state index contributed by atoms with van der Waals surface area (Å²) in [5, 5.41) is 1.25. The Hall–Kier alpha value is -2.38. The topological polar surface area (TPSA) is 67.6 Å². The summed E-state index contributed by atoms with van der Waals surface area (Å²) in [6, 6.07) is 10.5. The fourth-order valence-electron chi connectivity index (χ4n) is 3.75. The Kier molecular flexibility index (Phi) is 5.12. The normalized spacial score (nSPS) is 18.2. The first-order valence-electron chi connectivity index (χ1n) is 9.18. The highest BCUT2D eigenvalue weighted by Crippen LogP contribution is 2.30. The second-order valence-electron chi connectivity index (χ2n) is 7.32. The van der Waals surface area contributed by atoms with E-state index in [9.17, 15) is 17.6 Å². The van der Waals surface area contributed by atoms with Gasteiger partial charge in [-0.05, 0) is 49.2 Å². The van der Waals surface area contributed by atoms with Crippen molar-refractivity contribution in [3.63, 3.8) is 0 Å². The molecule has 1 atom stereocenters. The average Bonchev–Trinajstić information content (AvgIpc) is 3.19. The van der Waals surface area contributed by atoms with E-state index in [0.717, 1.165) is 5.39 Å². The van der Waals surface area contributed by atoms with Crippen molar-refractivity contribution >= 4 is 38.3 Å². The first-order valence-corrected chi connectivity index (χ1v) is 11.4. The number of nitrogens with zero attached hydrogens (tertiary/aromatic N) is 1. The van der Waals surface area contributed by atoms with Crippen LogP contribution in [-0.2, 0) is 16.4 Å². The maximum Gasteiger partial charge on any atom is 0.290 e. The highest BCUT2D eigenvalue weighted by atomic mass is 35.5. The molecule has 1 aliphatic heterocycles. The van der Waals surface area contributed by atoms with Crippen LogP contribution in [0.25, 0.3) is 11.0 Å². The fourth-order valence-corrected chi connectivity index (χ4v) is 5.65. The van der Waals surface area contributed by atoms with E-state index in [4.69, 9.17) is 16.0 Å². The minimum absolute atomic E-state index is 0.0271. The first-order chi connectivity index (χ1) is 13.7. The van der Waals surface area contributed by atoms with Gasteiger partial charge < -0.3 is 9.32 Å². The summed E-state index contributed by atoms with van der Waals surface area (Å²) in [6.45, 7) is 1.86. The number of hydrogen-bond acceptors (Lipinski definition) is 4. The molecule has 5 nitrogen and oxygen atoms in total. The lowest BCUT2D eigenvalue weighted by Crippen LogP contribution is -2.40. The maximum absolute atomic E-state index is 13.7. The largest absolute Gasteiger partial charge is 0.451 e. The Morgan fingerprint density at radius 3 is 2.76 bits per heavy atom. The molecule has 8 heteroatoms. The van der Waals surface area contributed by atoms with Gasteiger partial charge in [0.2, 0.25) is 0 Å². The predicted molar refractivity (Wildman–Crippen MR) is 109 cm³/mol. The molecule has 0 N–H and O–H groups in total. The summed E-state index contributed by atoms with van der Waals surface area (Å²) in [6.07, 6.45) is 0.342. The molecule has 1 amide bonds. The van der Waals surface area contributed by atoms with Crippen LogP contribution < -0.4 is 0 Å². The van der Waals surface area contributed by atoms with Gasteiger partial charge in [-0.2, -0.15) is 0 Å². The molecule has 4 rings (SSSR count). The van der Waals surface area contributed by atoms with Crippen LogP contribution in [0.2, 0.25) is 5.02 Å². The van der Waals surface area contributed by atoms with E-state index >= 15 is 0 Å². The van der Waals surface area contributed by atoms with Gasteiger partial charge >= 0.3 is 0 Å². The van der Waals surface area contributed by atoms with Crippen molar-refractivity contribution < 1.29 is 22.0 Å². The van der Waals surface area contributed by atoms with Crippen LogP contribution in [0.4, 0.5) is 4.39 Å². The molecule has 0 radical (unpaired) electrons. The molecule has 1 aromatic heterocycles. The third-order valence-electron chi connectivity index (χ3n) is 5.24. The van der Waals surface area contributed by atoms with Gasteiger partial charge in [-0.1, -0.05) is 23.7 Å². The van der Waals surface area contributed by atoms with Gasteiger partial charge in [0.25, 0.3) is 5.91 Å². The van der Waals surface area contributed by atoms with Crippen LogP contribution in [0.1, 0.15) is 28.1 Å². The molecule has 2 heterocycles. The number of fused-ring (bicyclic) bond motifs is 1. The fraction of sp³-hybridized carbons (Fsp3) is 0.286. The standard InChI is InChI=1S/C21H19ClFNO4S/c1-13-18-10-15(22)5-6-19(18)28-20(13)21(25)24(17-7-8-29(26,27)12-17)11-14-3-2-4-16(23)9-14/h2-6,9-10,17H,7-8,11-12H2,1H3/t17-/m0/s1. The van der Waals surface area contributed by atoms with Gasteiger partial charge in [0, 0.05) is 28.6 Å². The third-order valence-corrected chi connectivity index (χ3v) is 7.23. The van der Waals surface area contributed by atoms with E-state index in [2.05, 4.69) is 0 Å².